The van der Waals surface area contributed by atoms with E-state index in [-0.39, 0.29) is 0 Å². The van der Waals surface area contributed by atoms with Crippen LogP contribution in [0.1, 0.15) is 16.8 Å². The van der Waals surface area contributed by atoms with Crippen LogP contribution >= 0.6 is 0 Å². The molecule has 0 aliphatic heterocycles. The molecule has 0 aromatic carbocycles. The number of aromatic nitrogens is 1. The van der Waals surface area contributed by atoms with Crippen molar-refractivity contribution in [1.29, 1.82) is 5.26 Å². The normalized spacial score (nSPS) is 10.9. The third kappa shape index (κ3) is 1.25. The van der Waals surface area contributed by atoms with Gasteiger partial charge in [0.05, 0.1) is 11.7 Å². The smallest absolute Gasteiger partial charge is 0.128 e. The van der Waals surface area contributed by atoms with Gasteiger partial charge in [-0.1, -0.05) is 6.07 Å². The van der Waals surface area contributed by atoms with Crippen molar-refractivity contribution in [3.8, 4) is 6.07 Å². The minimum atomic E-state index is 0.625. The highest BCUT2D eigenvalue weighted by Gasteiger charge is 2.12. The summed E-state index contributed by atoms with van der Waals surface area (Å²) in [6, 6.07) is 7.92. The summed E-state index contributed by atoms with van der Waals surface area (Å²) in [6.07, 6.45) is 3.43. The van der Waals surface area contributed by atoms with Crippen LogP contribution in [0.2, 0.25) is 0 Å². The van der Waals surface area contributed by atoms with Crippen LogP contribution in [0.25, 0.3) is 5.52 Å². The van der Waals surface area contributed by atoms with Crippen molar-refractivity contribution in [2.45, 2.75) is 6.92 Å². The van der Waals surface area contributed by atoms with E-state index in [1.54, 1.807) is 6.21 Å². The Morgan fingerprint density at radius 1 is 1.53 bits per heavy atom. The van der Waals surface area contributed by atoms with Gasteiger partial charge >= 0.3 is 0 Å². The van der Waals surface area contributed by atoms with Crippen molar-refractivity contribution in [1.82, 2.24) is 4.40 Å². The molecular formula is C11H10N4. The SMILES string of the molecule is Cc1c(C=NN)c2ccccn2c1C#N. The van der Waals surface area contributed by atoms with E-state index in [9.17, 15) is 0 Å². The summed E-state index contributed by atoms with van der Waals surface area (Å²) in [7, 11) is 0. The van der Waals surface area contributed by atoms with E-state index < -0.39 is 0 Å². The zero-order chi connectivity index (χ0) is 10.8. The fraction of sp³-hybridized carbons (Fsp3) is 0.0909. The molecule has 2 aromatic heterocycles. The minimum Gasteiger partial charge on any atom is -0.323 e. The van der Waals surface area contributed by atoms with Gasteiger partial charge in [0, 0.05) is 11.8 Å². The fourth-order valence-corrected chi connectivity index (χ4v) is 1.73. The van der Waals surface area contributed by atoms with E-state index in [4.69, 9.17) is 11.1 Å². The number of hydrazone groups is 1. The molecule has 74 valence electrons. The van der Waals surface area contributed by atoms with E-state index in [1.807, 2.05) is 35.7 Å². The molecular weight excluding hydrogens is 188 g/mol. The Labute approximate surface area is 87.2 Å². The summed E-state index contributed by atoms with van der Waals surface area (Å²) in [6.45, 7) is 1.89. The molecule has 4 heteroatoms. The summed E-state index contributed by atoms with van der Waals surface area (Å²) < 4.78 is 1.84. The van der Waals surface area contributed by atoms with Crippen LogP contribution in [-0.4, -0.2) is 10.6 Å². The number of pyridine rings is 1. The highest BCUT2D eigenvalue weighted by molar-refractivity contribution is 5.92. The Bertz CT molecular complexity index is 572. The number of nitriles is 1. The molecule has 0 saturated carbocycles. The highest BCUT2D eigenvalue weighted by atomic mass is 15.1. The molecule has 4 nitrogen and oxygen atoms in total. The van der Waals surface area contributed by atoms with E-state index in [0.29, 0.717) is 5.69 Å². The van der Waals surface area contributed by atoms with Gasteiger partial charge in [0.1, 0.15) is 11.8 Å². The van der Waals surface area contributed by atoms with E-state index >= 15 is 0 Å². The predicted octanol–water partition coefficient (Wildman–Crippen LogP) is 1.41. The molecule has 0 bridgehead atoms. The average molecular weight is 198 g/mol. The molecule has 2 aromatic rings. The lowest BCUT2D eigenvalue weighted by Crippen LogP contribution is -1.87. The van der Waals surface area contributed by atoms with E-state index in [1.165, 1.54) is 0 Å². The van der Waals surface area contributed by atoms with Crippen molar-refractivity contribution in [3.63, 3.8) is 0 Å². The Kier molecular flexibility index (Phi) is 2.14. The first-order chi connectivity index (χ1) is 7.29. The van der Waals surface area contributed by atoms with Gasteiger partial charge in [-0.15, -0.1) is 0 Å². The number of hydrogen-bond donors (Lipinski definition) is 1. The van der Waals surface area contributed by atoms with Crippen molar-refractivity contribution < 1.29 is 0 Å². The van der Waals surface area contributed by atoms with Crippen LogP contribution in [0, 0.1) is 18.3 Å². The quantitative estimate of drug-likeness (QED) is 0.427. The monoisotopic (exact) mass is 198 g/mol. The summed E-state index contributed by atoms with van der Waals surface area (Å²) in [5.41, 5.74) is 3.37. The molecule has 15 heavy (non-hydrogen) atoms. The predicted molar refractivity (Wildman–Crippen MR) is 58.6 cm³/mol. The number of fused-ring (bicyclic) bond motifs is 1. The van der Waals surface area contributed by atoms with Gasteiger partial charge in [-0.3, -0.25) is 0 Å². The second-order valence-corrected chi connectivity index (χ2v) is 3.23. The molecule has 0 amide bonds. The molecule has 0 aliphatic rings. The lowest BCUT2D eigenvalue weighted by atomic mass is 10.1. The first-order valence-electron chi connectivity index (χ1n) is 4.52. The maximum atomic E-state index is 9.05. The van der Waals surface area contributed by atoms with Gasteiger partial charge < -0.3 is 10.2 Å². The maximum absolute atomic E-state index is 9.05. The zero-order valence-electron chi connectivity index (χ0n) is 8.31. The molecule has 0 aliphatic carbocycles. The summed E-state index contributed by atoms with van der Waals surface area (Å²) in [5, 5.41) is 12.6. The van der Waals surface area contributed by atoms with E-state index in [0.717, 1.165) is 16.6 Å². The molecule has 2 heterocycles. The number of nitrogens with two attached hydrogens (primary N) is 1. The highest BCUT2D eigenvalue weighted by Crippen LogP contribution is 2.20. The lowest BCUT2D eigenvalue weighted by molar-refractivity contribution is 1.14. The Morgan fingerprint density at radius 3 is 3.00 bits per heavy atom. The zero-order valence-corrected chi connectivity index (χ0v) is 8.31. The van der Waals surface area contributed by atoms with Gasteiger partial charge in [-0.2, -0.15) is 10.4 Å². The number of nitrogens with zero attached hydrogens (tertiary/aromatic N) is 3. The van der Waals surface area contributed by atoms with Crippen LogP contribution in [0.3, 0.4) is 0 Å². The van der Waals surface area contributed by atoms with Crippen LogP contribution in [0.5, 0.6) is 0 Å². The van der Waals surface area contributed by atoms with Gasteiger partial charge in [0.25, 0.3) is 0 Å². The first-order valence-corrected chi connectivity index (χ1v) is 4.52. The van der Waals surface area contributed by atoms with Gasteiger partial charge in [0.2, 0.25) is 0 Å². The largest absolute Gasteiger partial charge is 0.323 e. The summed E-state index contributed by atoms with van der Waals surface area (Å²) >= 11 is 0. The van der Waals surface area contributed by atoms with Crippen LogP contribution in [0.15, 0.2) is 29.5 Å². The number of hydrogen-bond acceptors (Lipinski definition) is 3. The number of rotatable bonds is 1. The third-order valence-electron chi connectivity index (χ3n) is 2.45. The van der Waals surface area contributed by atoms with Crippen molar-refractivity contribution in [3.05, 3.63) is 41.2 Å². The Hall–Kier alpha value is -2.28. The minimum absolute atomic E-state index is 0.625. The van der Waals surface area contributed by atoms with Crippen LogP contribution in [0.4, 0.5) is 0 Å². The van der Waals surface area contributed by atoms with Crippen LogP contribution < -0.4 is 5.84 Å². The molecule has 0 fully saturated rings. The Morgan fingerprint density at radius 2 is 2.33 bits per heavy atom. The van der Waals surface area contributed by atoms with Crippen LogP contribution in [-0.2, 0) is 0 Å². The molecule has 2 N–H and O–H groups in total. The summed E-state index contributed by atoms with van der Waals surface area (Å²) in [5.74, 6) is 5.15. The molecule has 0 radical (unpaired) electrons. The van der Waals surface area contributed by atoms with Crippen molar-refractivity contribution >= 4 is 11.7 Å². The second kappa shape index (κ2) is 3.46. The second-order valence-electron chi connectivity index (χ2n) is 3.23. The maximum Gasteiger partial charge on any atom is 0.128 e. The third-order valence-corrected chi connectivity index (χ3v) is 2.45. The molecule has 0 saturated heterocycles. The van der Waals surface area contributed by atoms with Gasteiger partial charge in [0.15, 0.2) is 0 Å². The molecule has 0 spiro atoms. The fourth-order valence-electron chi connectivity index (χ4n) is 1.73. The standard InChI is InChI=1S/C11H10N4/c1-8-9(7-14-13)10-4-2-3-5-15(10)11(8)6-12/h2-5,7H,13H2,1H3. The average Bonchev–Trinajstić information content (AvgIpc) is 2.53. The summed E-state index contributed by atoms with van der Waals surface area (Å²) in [4.78, 5) is 0. The van der Waals surface area contributed by atoms with Crippen molar-refractivity contribution in [2.24, 2.45) is 10.9 Å². The topological polar surface area (TPSA) is 66.6 Å². The molecule has 0 atom stereocenters. The molecule has 2 rings (SSSR count). The Balaban J connectivity index is 2.92. The van der Waals surface area contributed by atoms with Crippen molar-refractivity contribution in [2.75, 3.05) is 0 Å². The first kappa shape index (κ1) is 9.28. The van der Waals surface area contributed by atoms with E-state index in [2.05, 4.69) is 11.2 Å². The molecule has 0 unspecified atom stereocenters. The lowest BCUT2D eigenvalue weighted by Gasteiger charge is -1.94. The van der Waals surface area contributed by atoms with Gasteiger partial charge in [-0.25, -0.2) is 0 Å². The van der Waals surface area contributed by atoms with Gasteiger partial charge in [-0.05, 0) is 24.6 Å².